The fourth-order valence-electron chi connectivity index (χ4n) is 9.88. The maximum Gasteiger partial charge on any atom is 0.0754 e. The van der Waals surface area contributed by atoms with Crippen LogP contribution in [0.4, 0.5) is 17.1 Å². The molecule has 0 atom stereocenters. The summed E-state index contributed by atoms with van der Waals surface area (Å²) in [6, 6.07) is 76.3. The van der Waals surface area contributed by atoms with Crippen LogP contribution in [0, 0.1) is 0 Å². The zero-order valence-electron chi connectivity index (χ0n) is 30.0. The number of rotatable bonds is 3. The minimum atomic E-state index is -0.450. The maximum absolute atomic E-state index is 2.49. The van der Waals surface area contributed by atoms with E-state index in [1.807, 2.05) is 0 Å². The molecule has 0 unspecified atom stereocenters. The molecule has 1 aliphatic heterocycles. The first-order valence-electron chi connectivity index (χ1n) is 19.1. The van der Waals surface area contributed by atoms with E-state index in [0.29, 0.717) is 0 Å². The number of fused-ring (bicyclic) bond motifs is 13. The van der Waals surface area contributed by atoms with Crippen molar-refractivity contribution in [1.29, 1.82) is 0 Å². The van der Waals surface area contributed by atoms with E-state index in [-0.39, 0.29) is 0 Å². The van der Waals surface area contributed by atoms with Gasteiger partial charge in [0.25, 0.3) is 0 Å². The lowest BCUT2D eigenvalue weighted by Gasteiger charge is -2.45. The largest absolute Gasteiger partial charge is 0.310 e. The van der Waals surface area contributed by atoms with Crippen LogP contribution >= 0.6 is 0 Å². The van der Waals surface area contributed by atoms with Crippen LogP contribution in [0.2, 0.25) is 0 Å². The van der Waals surface area contributed by atoms with Crippen LogP contribution in [0.15, 0.2) is 206 Å². The third kappa shape index (κ3) is 4.14. The summed E-state index contributed by atoms with van der Waals surface area (Å²) in [5, 5.41) is 5.01. The Bertz CT molecular complexity index is 3110. The first kappa shape index (κ1) is 30.3. The normalized spacial score (nSPS) is 13.6. The summed E-state index contributed by atoms with van der Waals surface area (Å²) in [5.41, 5.74) is 17.1. The topological polar surface area (TPSA) is 8.17 Å². The Balaban J connectivity index is 1.05. The summed E-state index contributed by atoms with van der Waals surface area (Å²) in [6.07, 6.45) is 0. The molecular weight excluding hydrogens is 665 g/mol. The molecule has 2 nitrogen and oxygen atoms in total. The molecule has 0 radical (unpaired) electrons. The smallest absolute Gasteiger partial charge is 0.0754 e. The van der Waals surface area contributed by atoms with Crippen molar-refractivity contribution < 1.29 is 0 Å². The van der Waals surface area contributed by atoms with Gasteiger partial charge in [-0.1, -0.05) is 146 Å². The predicted molar refractivity (Wildman–Crippen MR) is 229 cm³/mol. The van der Waals surface area contributed by atoms with Gasteiger partial charge in [-0.2, -0.15) is 0 Å². The Kier molecular flexibility index (Phi) is 6.29. The van der Waals surface area contributed by atoms with E-state index >= 15 is 0 Å². The third-order valence-electron chi connectivity index (χ3n) is 12.2. The van der Waals surface area contributed by atoms with E-state index in [1.165, 1.54) is 94.1 Å². The van der Waals surface area contributed by atoms with Gasteiger partial charge in [-0.05, 0) is 116 Å². The van der Waals surface area contributed by atoms with Gasteiger partial charge in [-0.15, -0.1) is 0 Å². The molecule has 0 bridgehead atoms. The first-order valence-corrected chi connectivity index (χ1v) is 19.1. The molecule has 0 fully saturated rings. The van der Waals surface area contributed by atoms with Gasteiger partial charge in [0, 0.05) is 22.1 Å². The highest BCUT2D eigenvalue weighted by molar-refractivity contribution is 6.10. The van der Waals surface area contributed by atoms with Crippen molar-refractivity contribution in [1.82, 2.24) is 4.57 Å². The summed E-state index contributed by atoms with van der Waals surface area (Å²) in [6.45, 7) is 0. The second-order valence-electron chi connectivity index (χ2n) is 14.9. The van der Waals surface area contributed by atoms with E-state index in [2.05, 4.69) is 216 Å². The van der Waals surface area contributed by atoms with Crippen molar-refractivity contribution in [2.24, 2.45) is 0 Å². The lowest BCUT2D eigenvalue weighted by molar-refractivity contribution is 0.754. The second-order valence-corrected chi connectivity index (χ2v) is 14.9. The van der Waals surface area contributed by atoms with E-state index in [1.54, 1.807) is 0 Å². The van der Waals surface area contributed by atoms with Gasteiger partial charge in [0.15, 0.2) is 0 Å². The average Bonchev–Trinajstić information content (AvgIpc) is 3.74. The minimum absolute atomic E-state index is 0.450. The summed E-state index contributed by atoms with van der Waals surface area (Å²) >= 11 is 0. The van der Waals surface area contributed by atoms with Crippen LogP contribution in [0.1, 0.15) is 22.3 Å². The number of hydrogen-bond acceptors (Lipinski definition) is 1. The van der Waals surface area contributed by atoms with Crippen LogP contribution in [0.5, 0.6) is 0 Å². The van der Waals surface area contributed by atoms with Crippen molar-refractivity contribution in [2.45, 2.75) is 5.41 Å². The summed E-state index contributed by atoms with van der Waals surface area (Å²) in [5.74, 6) is 0. The van der Waals surface area contributed by atoms with Crippen LogP contribution in [0.25, 0.3) is 60.5 Å². The van der Waals surface area contributed by atoms with Gasteiger partial charge in [0.2, 0.25) is 0 Å². The molecule has 0 amide bonds. The van der Waals surface area contributed by atoms with Crippen LogP contribution in [-0.2, 0) is 5.41 Å². The Morgan fingerprint density at radius 1 is 0.327 bits per heavy atom. The molecule has 0 saturated carbocycles. The fraction of sp³-hybridized carbons (Fsp3) is 0.0189. The average molecular weight is 699 g/mol. The van der Waals surface area contributed by atoms with Crippen LogP contribution in [0.3, 0.4) is 0 Å². The Labute approximate surface area is 319 Å². The van der Waals surface area contributed by atoms with Crippen molar-refractivity contribution >= 4 is 49.6 Å². The van der Waals surface area contributed by atoms with Crippen molar-refractivity contribution in [2.75, 3.05) is 4.90 Å². The van der Waals surface area contributed by atoms with Crippen LogP contribution < -0.4 is 4.90 Å². The highest BCUT2D eigenvalue weighted by Crippen LogP contribution is 2.63. The molecular formula is C53H34N2. The van der Waals surface area contributed by atoms with Gasteiger partial charge in [-0.3, -0.25) is 0 Å². The lowest BCUT2D eigenvalue weighted by atomic mass is 9.64. The van der Waals surface area contributed by atoms with Gasteiger partial charge in [0.1, 0.15) is 0 Å². The number of para-hydroxylation sites is 3. The zero-order chi connectivity index (χ0) is 36.1. The molecule has 2 heterocycles. The Morgan fingerprint density at radius 3 is 1.67 bits per heavy atom. The quantitative estimate of drug-likeness (QED) is 0.178. The zero-order valence-corrected chi connectivity index (χ0v) is 30.0. The number of aromatic nitrogens is 1. The third-order valence-corrected chi connectivity index (χ3v) is 12.2. The van der Waals surface area contributed by atoms with E-state index in [9.17, 15) is 0 Å². The van der Waals surface area contributed by atoms with Crippen LogP contribution in [-0.4, -0.2) is 4.57 Å². The Hall–Kier alpha value is -7.16. The molecule has 2 aliphatic rings. The van der Waals surface area contributed by atoms with E-state index in [4.69, 9.17) is 0 Å². The predicted octanol–water partition coefficient (Wildman–Crippen LogP) is 13.8. The molecule has 0 N–H and O–H groups in total. The molecule has 1 spiro atoms. The van der Waals surface area contributed by atoms with Crippen molar-refractivity contribution in [3.63, 3.8) is 0 Å². The SMILES string of the molecule is c1ccc(-n2c3ccccc3c3cc(-c4ccc(N5c6ccccc6C6(c7ccccc7-c7ccccc76)c6cc7ccccc7cc65)cc4)ccc32)cc1. The highest BCUT2D eigenvalue weighted by Gasteiger charge is 2.51. The van der Waals surface area contributed by atoms with E-state index in [0.717, 1.165) is 5.69 Å². The number of benzene rings is 9. The molecule has 1 aromatic heterocycles. The highest BCUT2D eigenvalue weighted by atomic mass is 15.2. The van der Waals surface area contributed by atoms with E-state index < -0.39 is 5.41 Å². The van der Waals surface area contributed by atoms with Crippen molar-refractivity contribution in [3.05, 3.63) is 229 Å². The molecule has 12 rings (SSSR count). The first-order chi connectivity index (χ1) is 27.3. The molecule has 55 heavy (non-hydrogen) atoms. The number of hydrogen-bond donors (Lipinski definition) is 0. The van der Waals surface area contributed by atoms with Gasteiger partial charge < -0.3 is 9.47 Å². The molecule has 256 valence electrons. The minimum Gasteiger partial charge on any atom is -0.310 e. The summed E-state index contributed by atoms with van der Waals surface area (Å²) in [7, 11) is 0. The van der Waals surface area contributed by atoms with Gasteiger partial charge in [-0.25, -0.2) is 0 Å². The lowest BCUT2D eigenvalue weighted by Crippen LogP contribution is -2.36. The Morgan fingerprint density at radius 2 is 0.909 bits per heavy atom. The second kappa shape index (κ2) is 11.4. The van der Waals surface area contributed by atoms with Gasteiger partial charge in [0.05, 0.1) is 27.8 Å². The van der Waals surface area contributed by atoms with Crippen molar-refractivity contribution in [3.8, 4) is 27.9 Å². The molecule has 1 aliphatic carbocycles. The maximum atomic E-state index is 2.49. The molecule has 9 aromatic carbocycles. The molecule has 10 aromatic rings. The summed E-state index contributed by atoms with van der Waals surface area (Å²) < 4.78 is 2.38. The molecule has 0 saturated heterocycles. The number of anilines is 3. The standard InChI is InChI=1S/C53H34N2/c1-2-16-39(17-3-1)54-49-24-12-8-20-43(49)44-32-38(28-31-50(44)54)35-26-29-40(30-27-35)55-51-25-13-11-23-47(51)53(48-33-36-14-4-5-15-37(36)34-52(48)55)45-21-9-6-18-41(45)42-19-7-10-22-46(42)53/h1-34H. The van der Waals surface area contributed by atoms with Gasteiger partial charge >= 0.3 is 0 Å². The fourth-order valence-corrected chi connectivity index (χ4v) is 9.88. The summed E-state index contributed by atoms with van der Waals surface area (Å²) in [4.78, 5) is 2.49. The monoisotopic (exact) mass is 698 g/mol. The molecule has 2 heteroatoms. The number of nitrogens with zero attached hydrogens (tertiary/aromatic N) is 2.